The van der Waals surface area contributed by atoms with Crippen LogP contribution in [-0.2, 0) is 9.53 Å². The van der Waals surface area contributed by atoms with E-state index in [2.05, 4.69) is 16.0 Å². The van der Waals surface area contributed by atoms with Crippen LogP contribution in [0.3, 0.4) is 0 Å². The molecule has 2 unspecified atom stereocenters. The van der Waals surface area contributed by atoms with Crippen molar-refractivity contribution in [2.45, 2.75) is 24.3 Å². The van der Waals surface area contributed by atoms with E-state index >= 15 is 0 Å². The summed E-state index contributed by atoms with van der Waals surface area (Å²) in [5.74, 6) is -0.0822. The summed E-state index contributed by atoms with van der Waals surface area (Å²) in [4.78, 5) is 10.7. The first-order valence-corrected chi connectivity index (χ1v) is 3.54. The molecule has 0 amide bonds. The Kier molecular flexibility index (Phi) is 1.59. The molecule has 2 atom stereocenters. The van der Waals surface area contributed by atoms with Gasteiger partial charge in [-0.05, 0) is 0 Å². The number of carbonyl (C=O) groups excluding carboxylic acids is 1. The number of ether oxygens (including phenoxy) is 1. The second-order valence-corrected chi connectivity index (χ2v) is 3.21. The van der Waals surface area contributed by atoms with E-state index in [-0.39, 0.29) is 12.1 Å². The van der Waals surface area contributed by atoms with Crippen LogP contribution in [0.5, 0.6) is 0 Å². The Balaban J connectivity index is 2.51. The van der Waals surface area contributed by atoms with E-state index in [4.69, 9.17) is 4.74 Å². The average Bonchev–Trinajstić information content (AvgIpc) is 1.85. The average molecular weight is 178 g/mol. The zero-order valence-corrected chi connectivity index (χ0v) is 6.30. The molecule has 0 N–H and O–H groups in total. The maximum atomic E-state index is 10.4. The van der Waals surface area contributed by atoms with Crippen LogP contribution in [0.15, 0.2) is 0 Å². The van der Waals surface area contributed by atoms with E-state index in [1.54, 1.807) is 0 Å². The molecule has 0 aromatic carbocycles. The molecule has 8 heavy (non-hydrogen) atoms. The van der Waals surface area contributed by atoms with Gasteiger partial charge in [0.15, 0.2) is 0 Å². The van der Waals surface area contributed by atoms with Gasteiger partial charge in [-0.25, -0.2) is 0 Å². The number of hydrogen-bond donors (Lipinski definition) is 0. The van der Waals surface area contributed by atoms with Crippen molar-refractivity contribution >= 4 is 22.0 Å². The van der Waals surface area contributed by atoms with Gasteiger partial charge in [0.25, 0.3) is 0 Å². The summed E-state index contributed by atoms with van der Waals surface area (Å²) in [6, 6.07) is 0. The van der Waals surface area contributed by atoms with Crippen LogP contribution in [0.4, 0.5) is 0 Å². The van der Waals surface area contributed by atoms with Gasteiger partial charge in [-0.2, -0.15) is 0 Å². The van der Waals surface area contributed by atoms with Crippen molar-refractivity contribution in [1.82, 2.24) is 0 Å². The molecule has 1 saturated heterocycles. The molecule has 0 aromatic rings. The second-order valence-electron chi connectivity index (χ2n) is 1.94. The number of rotatable bonds is 0. The summed E-state index contributed by atoms with van der Waals surface area (Å²) in [5, 5.41) is 0. The fraction of sp³-hybridized carbons (Fsp3) is 0.800. The van der Waals surface area contributed by atoms with Crippen LogP contribution in [0, 0.1) is 0 Å². The summed E-state index contributed by atoms with van der Waals surface area (Å²) in [7, 11) is 0. The van der Waals surface area contributed by atoms with E-state index in [1.165, 1.54) is 0 Å². The van der Waals surface area contributed by atoms with Gasteiger partial charge in [0, 0.05) is 0 Å². The molecule has 0 spiro atoms. The van der Waals surface area contributed by atoms with E-state index in [0.717, 1.165) is 0 Å². The molecule has 3 heteroatoms. The van der Waals surface area contributed by atoms with Crippen LogP contribution in [0.25, 0.3) is 0 Å². The molecule has 0 bridgehead atoms. The first kappa shape index (κ1) is 6.11. The molecule has 1 heterocycles. The molecule has 1 aliphatic heterocycles. The number of cyclic esters (lactones) is 1. The van der Waals surface area contributed by atoms with Gasteiger partial charge < -0.3 is 0 Å². The molecule has 2 nitrogen and oxygen atoms in total. The fourth-order valence-electron chi connectivity index (χ4n) is 0.662. The Morgan fingerprint density at radius 3 is 2.62 bits per heavy atom. The van der Waals surface area contributed by atoms with E-state index in [9.17, 15) is 4.79 Å². The third kappa shape index (κ3) is 1.04. The van der Waals surface area contributed by atoms with Crippen LogP contribution < -0.4 is 0 Å². The molecular weight excluding hydrogens is 171 g/mol. The van der Waals surface area contributed by atoms with Crippen LogP contribution >= 0.6 is 0 Å². The van der Waals surface area contributed by atoms with Gasteiger partial charge in [0.1, 0.15) is 0 Å². The molecular formula is C5H7O2Se. The Labute approximate surface area is 56.4 Å². The first-order valence-electron chi connectivity index (χ1n) is 2.55. The topological polar surface area (TPSA) is 26.3 Å². The van der Waals surface area contributed by atoms with Crippen LogP contribution in [-0.4, -0.2) is 28.1 Å². The summed E-state index contributed by atoms with van der Waals surface area (Å²) in [6.45, 7) is 1.89. The zero-order chi connectivity index (χ0) is 6.15. The van der Waals surface area contributed by atoms with Gasteiger partial charge in [0.05, 0.1) is 0 Å². The molecule has 1 radical (unpaired) electrons. The molecule has 0 aromatic heterocycles. The Bertz CT molecular complexity index is 101. The van der Waals surface area contributed by atoms with Crippen molar-refractivity contribution in [3.05, 3.63) is 0 Å². The van der Waals surface area contributed by atoms with E-state index in [1.807, 2.05) is 6.92 Å². The minimum atomic E-state index is -0.0822. The Morgan fingerprint density at radius 2 is 2.50 bits per heavy atom. The quantitative estimate of drug-likeness (QED) is 0.393. The molecule has 1 aliphatic rings. The Morgan fingerprint density at radius 1 is 1.88 bits per heavy atom. The van der Waals surface area contributed by atoms with Gasteiger partial charge in [-0.15, -0.1) is 0 Å². The monoisotopic (exact) mass is 179 g/mol. The van der Waals surface area contributed by atoms with Crippen molar-refractivity contribution in [3.63, 3.8) is 0 Å². The summed E-state index contributed by atoms with van der Waals surface area (Å²) >= 11 is 2.87. The summed E-state index contributed by atoms with van der Waals surface area (Å²) in [6.07, 6.45) is 0.628. The van der Waals surface area contributed by atoms with E-state index in [0.29, 0.717) is 11.2 Å². The van der Waals surface area contributed by atoms with Crippen molar-refractivity contribution in [2.75, 3.05) is 0 Å². The number of esters is 1. The van der Waals surface area contributed by atoms with Crippen molar-refractivity contribution < 1.29 is 9.53 Å². The van der Waals surface area contributed by atoms with Crippen LogP contribution in [0.1, 0.15) is 13.3 Å². The normalized spacial score (nSPS) is 37.5. The maximum absolute atomic E-state index is 10.4. The van der Waals surface area contributed by atoms with Crippen LogP contribution in [0.2, 0.25) is 4.82 Å². The molecule has 0 saturated carbocycles. The standard InChI is InChI=1S/C5H7O2Se/c1-3-4(8)2-5(6)7-3/h3-4H,2H2,1H3. The third-order valence-electron chi connectivity index (χ3n) is 1.21. The predicted molar refractivity (Wildman–Crippen MR) is 29.7 cm³/mol. The number of hydrogen-bond acceptors (Lipinski definition) is 2. The molecule has 1 rings (SSSR count). The zero-order valence-electron chi connectivity index (χ0n) is 4.59. The van der Waals surface area contributed by atoms with Crippen molar-refractivity contribution in [1.29, 1.82) is 0 Å². The summed E-state index contributed by atoms with van der Waals surface area (Å²) in [5.41, 5.74) is 0. The molecule has 0 aliphatic carbocycles. The fourth-order valence-corrected chi connectivity index (χ4v) is 1.06. The SMILES string of the molecule is CC1OC(=O)CC1[Se]. The van der Waals surface area contributed by atoms with Gasteiger partial charge in [-0.3, -0.25) is 0 Å². The van der Waals surface area contributed by atoms with Crippen molar-refractivity contribution in [3.8, 4) is 0 Å². The number of carbonyl (C=O) groups is 1. The molecule has 45 valence electrons. The minimum absolute atomic E-state index is 0.0822. The Hall–Kier alpha value is -0.0105. The van der Waals surface area contributed by atoms with Gasteiger partial charge in [0.2, 0.25) is 0 Å². The van der Waals surface area contributed by atoms with Gasteiger partial charge >= 0.3 is 55.8 Å². The van der Waals surface area contributed by atoms with Crippen molar-refractivity contribution in [2.24, 2.45) is 0 Å². The first-order chi connectivity index (χ1) is 3.70. The predicted octanol–water partition coefficient (Wildman–Crippen LogP) is 0.279. The van der Waals surface area contributed by atoms with E-state index < -0.39 is 0 Å². The second kappa shape index (κ2) is 2.08. The third-order valence-corrected chi connectivity index (χ3v) is 2.36. The molecule has 1 fully saturated rings. The summed E-state index contributed by atoms with van der Waals surface area (Å²) < 4.78 is 4.80. The van der Waals surface area contributed by atoms with Gasteiger partial charge in [-0.1, -0.05) is 0 Å².